The van der Waals surface area contributed by atoms with Gasteiger partial charge in [-0.2, -0.15) is 0 Å². The van der Waals surface area contributed by atoms with Crippen LogP contribution in [0.15, 0.2) is 194 Å². The van der Waals surface area contributed by atoms with Crippen LogP contribution >= 0.6 is 0 Å². The molecule has 282 valence electrons. The Balaban J connectivity index is 1.05. The minimum Gasteiger partial charge on any atom is -0.309 e. The Bertz CT molecular complexity index is 3590. The lowest BCUT2D eigenvalue weighted by molar-refractivity contribution is 0.629. The predicted molar refractivity (Wildman–Crippen MR) is 242 cm³/mol. The molecule has 6 heteroatoms. The first-order chi connectivity index (χ1) is 29.5. The molecule has 0 amide bonds. The van der Waals surface area contributed by atoms with Crippen LogP contribution in [0.25, 0.3) is 110 Å². The fourth-order valence-corrected chi connectivity index (χ4v) is 8.96. The molecule has 0 atom stereocenters. The van der Waals surface area contributed by atoms with E-state index in [4.69, 9.17) is 9.97 Å². The largest absolute Gasteiger partial charge is 0.309 e. The van der Waals surface area contributed by atoms with Gasteiger partial charge < -0.3 is 4.57 Å². The highest BCUT2D eigenvalue weighted by molar-refractivity contribution is 6.12. The summed E-state index contributed by atoms with van der Waals surface area (Å²) in [5.41, 5.74) is 10.9. The smallest absolute Gasteiger partial charge is 0.235 e. The number of rotatable bonds is 5. The molecule has 0 aliphatic heterocycles. The van der Waals surface area contributed by atoms with E-state index in [0.29, 0.717) is 5.95 Å². The van der Waals surface area contributed by atoms with Crippen molar-refractivity contribution in [3.8, 4) is 45.3 Å². The molecule has 0 saturated carbocycles. The summed E-state index contributed by atoms with van der Waals surface area (Å²) in [4.78, 5) is 10.5. The summed E-state index contributed by atoms with van der Waals surface area (Å²) in [6, 6.07) is 64.4. The lowest BCUT2D eigenvalue weighted by Gasteiger charge is -2.13. The standard InChI is InChI=1S/C54H32F2N4/c55-41-22-18-33-26-39(16-14-35(33)28-41)48-32-49(40-17-15-36-29-42(56)23-19-34(36)27-40)58-54(57-48)60-51-13-7-5-11-45(51)47-31-38(21-25-53(47)60)37-20-24-52-46(30-37)44-10-4-6-12-50(44)59(52)43-8-2-1-3-9-43/h1-32H. The van der Waals surface area contributed by atoms with Crippen LogP contribution in [0.1, 0.15) is 0 Å². The number of para-hydroxylation sites is 3. The van der Waals surface area contributed by atoms with E-state index in [2.05, 4.69) is 118 Å². The first-order valence-electron chi connectivity index (χ1n) is 19.9. The predicted octanol–water partition coefficient (Wildman–Crippen LogP) is 14.3. The maximum Gasteiger partial charge on any atom is 0.235 e. The van der Waals surface area contributed by atoms with E-state index in [1.54, 1.807) is 24.3 Å². The molecular formula is C54H32F2N4. The van der Waals surface area contributed by atoms with Gasteiger partial charge in [-0.3, -0.25) is 4.57 Å². The molecule has 60 heavy (non-hydrogen) atoms. The van der Waals surface area contributed by atoms with Gasteiger partial charge in [-0.25, -0.2) is 18.7 Å². The normalized spacial score (nSPS) is 11.8. The van der Waals surface area contributed by atoms with E-state index < -0.39 is 0 Å². The first kappa shape index (κ1) is 34.1. The third kappa shape index (κ3) is 5.49. The summed E-state index contributed by atoms with van der Waals surface area (Å²) in [6.45, 7) is 0. The molecule has 0 aliphatic rings. The van der Waals surface area contributed by atoms with Crippen molar-refractivity contribution < 1.29 is 8.78 Å². The summed E-state index contributed by atoms with van der Waals surface area (Å²) in [5.74, 6) is -0.0254. The Kier molecular flexibility index (Phi) is 7.56. The SMILES string of the molecule is Fc1ccc2cc(-c3cc(-c4ccc5cc(F)ccc5c4)nc(-n4c5ccccc5c5cc(-c6ccc7c(c6)c6ccccc6n7-c6ccccc6)ccc54)n3)ccc2c1. The van der Waals surface area contributed by atoms with Crippen LogP contribution in [0.4, 0.5) is 8.78 Å². The average molecular weight is 775 g/mol. The molecule has 12 rings (SSSR count). The van der Waals surface area contributed by atoms with Crippen LogP contribution in [0.2, 0.25) is 0 Å². The van der Waals surface area contributed by atoms with Crippen LogP contribution in [-0.4, -0.2) is 19.1 Å². The minimum atomic E-state index is -0.274. The second-order valence-electron chi connectivity index (χ2n) is 15.4. The van der Waals surface area contributed by atoms with Crippen molar-refractivity contribution in [3.63, 3.8) is 0 Å². The van der Waals surface area contributed by atoms with Gasteiger partial charge in [0.25, 0.3) is 0 Å². The Morgan fingerprint density at radius 3 is 1.32 bits per heavy atom. The van der Waals surface area contributed by atoms with Crippen molar-refractivity contribution >= 4 is 65.2 Å². The van der Waals surface area contributed by atoms with E-state index in [9.17, 15) is 8.78 Å². The molecule has 0 radical (unpaired) electrons. The number of benzene rings is 9. The van der Waals surface area contributed by atoms with Gasteiger partial charge in [0.15, 0.2) is 0 Å². The third-order valence-corrected chi connectivity index (χ3v) is 11.8. The number of aromatic nitrogens is 4. The van der Waals surface area contributed by atoms with Crippen molar-refractivity contribution in [2.24, 2.45) is 0 Å². The first-order valence-corrected chi connectivity index (χ1v) is 19.9. The maximum atomic E-state index is 14.2. The Morgan fingerprint density at radius 1 is 0.317 bits per heavy atom. The van der Waals surface area contributed by atoms with Gasteiger partial charge in [0.2, 0.25) is 5.95 Å². The van der Waals surface area contributed by atoms with Gasteiger partial charge in [0.05, 0.1) is 33.5 Å². The van der Waals surface area contributed by atoms with Gasteiger partial charge in [0.1, 0.15) is 11.6 Å². The second-order valence-corrected chi connectivity index (χ2v) is 15.4. The zero-order valence-corrected chi connectivity index (χ0v) is 32.0. The van der Waals surface area contributed by atoms with E-state index in [1.165, 1.54) is 28.4 Å². The number of nitrogens with zero attached hydrogens (tertiary/aromatic N) is 4. The van der Waals surface area contributed by atoms with Crippen molar-refractivity contribution in [1.29, 1.82) is 0 Å². The molecule has 9 aromatic carbocycles. The van der Waals surface area contributed by atoms with E-state index in [-0.39, 0.29) is 11.6 Å². The number of hydrogen-bond donors (Lipinski definition) is 0. The number of hydrogen-bond acceptors (Lipinski definition) is 2. The van der Waals surface area contributed by atoms with Crippen LogP contribution in [-0.2, 0) is 0 Å². The monoisotopic (exact) mass is 774 g/mol. The summed E-state index contributed by atoms with van der Waals surface area (Å²) < 4.78 is 32.8. The van der Waals surface area contributed by atoms with Gasteiger partial charge in [-0.1, -0.05) is 103 Å². The quantitative estimate of drug-likeness (QED) is 0.175. The molecule has 3 aromatic heterocycles. The molecule has 12 aromatic rings. The van der Waals surface area contributed by atoms with Gasteiger partial charge in [0, 0.05) is 38.4 Å². The zero-order valence-electron chi connectivity index (χ0n) is 32.0. The van der Waals surface area contributed by atoms with Gasteiger partial charge in [-0.15, -0.1) is 0 Å². The molecule has 3 heterocycles. The molecule has 4 nitrogen and oxygen atoms in total. The van der Waals surface area contributed by atoms with E-state index >= 15 is 0 Å². The summed E-state index contributed by atoms with van der Waals surface area (Å²) >= 11 is 0. The maximum absolute atomic E-state index is 14.2. The molecule has 0 fully saturated rings. The fourth-order valence-electron chi connectivity index (χ4n) is 8.96. The molecule has 0 spiro atoms. The summed E-state index contributed by atoms with van der Waals surface area (Å²) in [5, 5.41) is 8.04. The Morgan fingerprint density at radius 2 is 0.750 bits per heavy atom. The van der Waals surface area contributed by atoms with E-state index in [1.807, 2.05) is 48.5 Å². The molecule has 0 saturated heterocycles. The molecule has 0 unspecified atom stereocenters. The Hall–Kier alpha value is -7.96. The molecule has 0 bridgehead atoms. The van der Waals surface area contributed by atoms with Crippen LogP contribution < -0.4 is 0 Å². The van der Waals surface area contributed by atoms with Crippen LogP contribution in [0, 0.1) is 11.6 Å². The van der Waals surface area contributed by atoms with E-state index in [0.717, 1.165) is 88.2 Å². The minimum absolute atomic E-state index is 0.274. The van der Waals surface area contributed by atoms with Crippen LogP contribution in [0.5, 0.6) is 0 Å². The summed E-state index contributed by atoms with van der Waals surface area (Å²) in [6.07, 6.45) is 0. The average Bonchev–Trinajstić information content (AvgIpc) is 3.81. The number of halogens is 2. The lowest BCUT2D eigenvalue weighted by Crippen LogP contribution is -2.04. The van der Waals surface area contributed by atoms with Crippen molar-refractivity contribution in [2.75, 3.05) is 0 Å². The van der Waals surface area contributed by atoms with Gasteiger partial charge in [-0.05, 0) is 124 Å². The van der Waals surface area contributed by atoms with Crippen molar-refractivity contribution in [3.05, 3.63) is 206 Å². The zero-order chi connectivity index (χ0) is 39.9. The molecule has 0 N–H and O–H groups in total. The highest BCUT2D eigenvalue weighted by Gasteiger charge is 2.19. The Labute approximate surface area is 342 Å². The number of fused-ring (bicyclic) bond motifs is 8. The second kappa shape index (κ2) is 13.3. The fraction of sp³-hybridized carbons (Fsp3) is 0. The van der Waals surface area contributed by atoms with Crippen molar-refractivity contribution in [1.82, 2.24) is 19.1 Å². The third-order valence-electron chi connectivity index (χ3n) is 11.8. The van der Waals surface area contributed by atoms with Crippen molar-refractivity contribution in [2.45, 2.75) is 0 Å². The lowest BCUT2D eigenvalue weighted by atomic mass is 10.0. The van der Waals surface area contributed by atoms with Crippen LogP contribution in [0.3, 0.4) is 0 Å². The molecule has 0 aliphatic carbocycles. The highest BCUT2D eigenvalue weighted by Crippen LogP contribution is 2.39. The molecular weight excluding hydrogens is 743 g/mol. The summed E-state index contributed by atoms with van der Waals surface area (Å²) in [7, 11) is 0. The topological polar surface area (TPSA) is 35.6 Å². The highest BCUT2D eigenvalue weighted by atomic mass is 19.1. The van der Waals surface area contributed by atoms with Gasteiger partial charge >= 0.3 is 0 Å².